The first-order valence-electron chi connectivity index (χ1n) is 10.9. The Morgan fingerprint density at radius 3 is 2.59 bits per heavy atom. The van der Waals surface area contributed by atoms with Gasteiger partial charge in [0, 0.05) is 5.92 Å². The molecule has 4 atom stereocenters. The second-order valence-electron chi connectivity index (χ2n) is 10.1. The predicted molar refractivity (Wildman–Crippen MR) is 122 cm³/mol. The highest BCUT2D eigenvalue weighted by Gasteiger charge is 2.50. The van der Waals surface area contributed by atoms with Gasteiger partial charge in [0.05, 0.1) is 6.10 Å². The molecule has 1 saturated heterocycles. The normalized spacial score (nSPS) is 24.4. The summed E-state index contributed by atoms with van der Waals surface area (Å²) in [5.74, 6) is -0.582. The molecule has 12 heteroatoms. The molecule has 0 aliphatic carbocycles. The van der Waals surface area contributed by atoms with E-state index in [1.165, 1.54) is 4.68 Å². The maximum atomic E-state index is 12.5. The quantitative estimate of drug-likeness (QED) is 0.549. The minimum atomic E-state index is -2.28. The first-order valence-corrected chi connectivity index (χ1v) is 13.8. The summed E-state index contributed by atoms with van der Waals surface area (Å²) in [4.78, 5) is 31.5. The van der Waals surface area contributed by atoms with Crippen LogP contribution in [0.25, 0.3) is 11.2 Å². The molecule has 3 N–H and O–H groups in total. The molecule has 0 spiro atoms. The molecule has 1 fully saturated rings. The van der Waals surface area contributed by atoms with Gasteiger partial charge in [-0.25, -0.2) is 0 Å². The first kappa shape index (κ1) is 24.5. The van der Waals surface area contributed by atoms with Gasteiger partial charge in [-0.15, -0.1) is 5.10 Å². The van der Waals surface area contributed by atoms with Crippen LogP contribution in [-0.4, -0.2) is 62.6 Å². The van der Waals surface area contributed by atoms with Crippen LogP contribution in [0.4, 0.5) is 5.95 Å². The third-order valence-corrected chi connectivity index (χ3v) is 10.8. The fourth-order valence-corrected chi connectivity index (χ4v) is 4.52. The smallest absolute Gasteiger partial charge is 0.282 e. The second-order valence-corrected chi connectivity index (χ2v) is 14.8. The van der Waals surface area contributed by atoms with Crippen molar-refractivity contribution >= 4 is 31.3 Å². The van der Waals surface area contributed by atoms with Crippen LogP contribution in [0, 0.1) is 5.92 Å². The number of aliphatic hydroxyl groups excluding tert-OH is 1. The largest absolute Gasteiger partial charge is 0.406 e. The fraction of sp³-hybridized carbons (Fsp3) is 0.750. The van der Waals surface area contributed by atoms with Crippen LogP contribution in [0.2, 0.25) is 18.1 Å². The lowest BCUT2D eigenvalue weighted by atomic mass is 10.1. The van der Waals surface area contributed by atoms with Crippen molar-refractivity contribution in [2.45, 2.75) is 90.6 Å². The molecule has 1 aliphatic heterocycles. The summed E-state index contributed by atoms with van der Waals surface area (Å²) in [6.45, 7) is 15.9. The Bertz CT molecular complexity index is 1040. The van der Waals surface area contributed by atoms with Crippen LogP contribution in [0.5, 0.6) is 0 Å². The minimum Gasteiger partial charge on any atom is -0.406 e. The Morgan fingerprint density at radius 1 is 1.38 bits per heavy atom. The number of aliphatic hydroxyl groups is 1. The van der Waals surface area contributed by atoms with E-state index in [0.29, 0.717) is 6.42 Å². The van der Waals surface area contributed by atoms with Crippen molar-refractivity contribution in [1.29, 1.82) is 0 Å². The van der Waals surface area contributed by atoms with Gasteiger partial charge in [0.25, 0.3) is 5.56 Å². The summed E-state index contributed by atoms with van der Waals surface area (Å²) >= 11 is 0. The molecule has 0 unspecified atom stereocenters. The van der Waals surface area contributed by atoms with E-state index >= 15 is 0 Å². The highest BCUT2D eigenvalue weighted by molar-refractivity contribution is 6.74. The van der Waals surface area contributed by atoms with Gasteiger partial charge >= 0.3 is 0 Å². The standard InChI is InChI=1S/C20H34N6O5Si/c1-9-11-13(27)14(31-32(7,8)20(4,5)6)18(30-11)26-15-12(24-25-26)17(29)23-19(21-15)22-16(28)10(2)3/h10-11,13-14,18,27H,9H2,1-8H3,(H2,21,22,23,28,29)/t11-,13-,14-,18-/m1/s1. The lowest BCUT2D eigenvalue weighted by molar-refractivity contribution is -0.118. The molecule has 178 valence electrons. The van der Waals surface area contributed by atoms with Crippen LogP contribution in [-0.2, 0) is 14.0 Å². The summed E-state index contributed by atoms with van der Waals surface area (Å²) in [5.41, 5.74) is -0.380. The summed E-state index contributed by atoms with van der Waals surface area (Å²) in [5, 5.41) is 21.5. The third-order valence-electron chi connectivity index (χ3n) is 6.29. The zero-order valence-corrected chi connectivity index (χ0v) is 21.0. The monoisotopic (exact) mass is 466 g/mol. The summed E-state index contributed by atoms with van der Waals surface area (Å²) in [7, 11) is -2.28. The molecule has 1 amide bonds. The van der Waals surface area contributed by atoms with Crippen molar-refractivity contribution in [1.82, 2.24) is 25.0 Å². The van der Waals surface area contributed by atoms with Gasteiger partial charge in [-0.3, -0.25) is 19.9 Å². The number of H-pyrrole nitrogens is 1. The van der Waals surface area contributed by atoms with Crippen LogP contribution >= 0.6 is 0 Å². The zero-order valence-electron chi connectivity index (χ0n) is 20.0. The highest BCUT2D eigenvalue weighted by Crippen LogP contribution is 2.42. The number of carbonyl (C=O) groups is 1. The SMILES string of the molecule is CC[C@H]1O[C@@H](n2nnc3c(=O)[nH]c(NC(=O)C(C)C)nc32)[C@H](O[Si](C)(C)C(C)(C)C)[C@@H]1O. The molecule has 0 aromatic carbocycles. The molecule has 32 heavy (non-hydrogen) atoms. The van der Waals surface area contributed by atoms with E-state index in [9.17, 15) is 14.7 Å². The van der Waals surface area contributed by atoms with Crippen LogP contribution in [0.15, 0.2) is 4.79 Å². The van der Waals surface area contributed by atoms with Gasteiger partial charge in [0.2, 0.25) is 11.9 Å². The molecule has 0 radical (unpaired) electrons. The van der Waals surface area contributed by atoms with E-state index < -0.39 is 38.4 Å². The number of hydrogen-bond acceptors (Lipinski definition) is 8. The summed E-state index contributed by atoms with van der Waals surface area (Å²) in [6, 6.07) is 0. The average molecular weight is 467 g/mol. The zero-order chi connectivity index (χ0) is 24.0. The van der Waals surface area contributed by atoms with Crippen molar-refractivity contribution in [3.63, 3.8) is 0 Å². The lowest BCUT2D eigenvalue weighted by Gasteiger charge is -2.39. The number of nitrogens with one attached hydrogen (secondary N) is 2. The van der Waals surface area contributed by atoms with Crippen molar-refractivity contribution < 1.29 is 19.1 Å². The number of aromatic amines is 1. The molecule has 2 aromatic rings. The van der Waals surface area contributed by atoms with Crippen molar-refractivity contribution in [2.75, 3.05) is 5.32 Å². The Hall–Kier alpha value is -2.15. The van der Waals surface area contributed by atoms with Crippen molar-refractivity contribution in [3.05, 3.63) is 10.4 Å². The second kappa shape index (κ2) is 8.65. The minimum absolute atomic E-state index is 0.00259. The number of amides is 1. The molecule has 0 bridgehead atoms. The lowest BCUT2D eigenvalue weighted by Crippen LogP contribution is -2.48. The average Bonchev–Trinajstić information content (AvgIpc) is 3.22. The van der Waals surface area contributed by atoms with Crippen LogP contribution < -0.4 is 10.9 Å². The number of aromatic nitrogens is 5. The van der Waals surface area contributed by atoms with Crippen LogP contribution in [0.3, 0.4) is 0 Å². The molecular formula is C20H34N6O5Si. The number of fused-ring (bicyclic) bond motifs is 1. The van der Waals surface area contributed by atoms with Gasteiger partial charge in [-0.2, -0.15) is 9.67 Å². The van der Waals surface area contributed by atoms with E-state index in [1.807, 2.05) is 6.92 Å². The third kappa shape index (κ3) is 4.49. The summed E-state index contributed by atoms with van der Waals surface area (Å²) < 4.78 is 14.0. The van der Waals surface area contributed by atoms with E-state index in [2.05, 4.69) is 59.5 Å². The predicted octanol–water partition coefficient (Wildman–Crippen LogP) is 2.17. The Labute approximate surface area is 188 Å². The topological polar surface area (TPSA) is 144 Å². The number of carbonyl (C=O) groups excluding carboxylic acids is 1. The Balaban J connectivity index is 2.05. The van der Waals surface area contributed by atoms with Crippen molar-refractivity contribution in [3.8, 4) is 0 Å². The van der Waals surface area contributed by atoms with E-state index in [-0.39, 0.29) is 34.0 Å². The van der Waals surface area contributed by atoms with Gasteiger partial charge in [0.15, 0.2) is 25.7 Å². The Morgan fingerprint density at radius 2 is 2.03 bits per heavy atom. The molecule has 1 aliphatic rings. The first-order chi connectivity index (χ1) is 14.8. The molecule has 11 nitrogen and oxygen atoms in total. The van der Waals surface area contributed by atoms with Crippen LogP contribution in [0.1, 0.15) is 54.2 Å². The maximum Gasteiger partial charge on any atom is 0.282 e. The number of nitrogens with zero attached hydrogens (tertiary/aromatic N) is 4. The van der Waals surface area contributed by atoms with Gasteiger partial charge in [0.1, 0.15) is 12.2 Å². The fourth-order valence-electron chi connectivity index (χ4n) is 3.23. The van der Waals surface area contributed by atoms with Gasteiger partial charge in [-0.05, 0) is 24.6 Å². The van der Waals surface area contributed by atoms with E-state index in [0.717, 1.165) is 0 Å². The van der Waals surface area contributed by atoms with Crippen molar-refractivity contribution in [2.24, 2.45) is 5.92 Å². The van der Waals surface area contributed by atoms with Gasteiger partial charge in [-0.1, -0.05) is 46.8 Å². The number of rotatable bonds is 6. The molecule has 3 rings (SSSR count). The molecule has 2 aromatic heterocycles. The molecule has 3 heterocycles. The molecule has 0 saturated carbocycles. The van der Waals surface area contributed by atoms with E-state index in [4.69, 9.17) is 9.16 Å². The molecular weight excluding hydrogens is 432 g/mol. The number of ether oxygens (including phenoxy) is 1. The summed E-state index contributed by atoms with van der Waals surface area (Å²) in [6.07, 6.45) is -2.29. The highest BCUT2D eigenvalue weighted by atomic mass is 28.4. The van der Waals surface area contributed by atoms with Gasteiger partial charge < -0.3 is 14.3 Å². The van der Waals surface area contributed by atoms with E-state index in [1.54, 1.807) is 13.8 Å². The maximum absolute atomic E-state index is 12.5. The number of hydrogen-bond donors (Lipinski definition) is 3. The Kier molecular flexibility index (Phi) is 6.62. The number of anilines is 1.